The highest BCUT2D eigenvalue weighted by Crippen LogP contribution is 2.29. The molecule has 3 rings (SSSR count). The third kappa shape index (κ3) is 5.05. The lowest BCUT2D eigenvalue weighted by Crippen LogP contribution is -2.48. The summed E-state index contributed by atoms with van der Waals surface area (Å²) in [7, 11) is 3.16. The van der Waals surface area contributed by atoms with E-state index in [1.54, 1.807) is 32.4 Å². The van der Waals surface area contributed by atoms with Gasteiger partial charge in [-0.25, -0.2) is 0 Å². The van der Waals surface area contributed by atoms with Crippen LogP contribution < -0.4 is 19.7 Å². The SMILES string of the molecule is COc1ccc(NC(=O)CN2CCN(c3cccc(Cl)c3)CC2)c(OC)c1. The van der Waals surface area contributed by atoms with E-state index in [4.69, 9.17) is 21.1 Å². The van der Waals surface area contributed by atoms with Gasteiger partial charge in [-0.3, -0.25) is 9.69 Å². The Bertz CT molecular complexity index is 792. The maximum atomic E-state index is 12.4. The molecule has 1 N–H and O–H groups in total. The maximum absolute atomic E-state index is 12.4. The molecule has 1 aliphatic heterocycles. The van der Waals surface area contributed by atoms with Crippen molar-refractivity contribution in [3.05, 3.63) is 47.5 Å². The first-order valence-corrected chi connectivity index (χ1v) is 9.21. The molecule has 1 aliphatic rings. The number of carbonyl (C=O) groups is 1. The van der Waals surface area contributed by atoms with E-state index in [1.807, 2.05) is 18.2 Å². The number of hydrogen-bond donors (Lipinski definition) is 1. The average Bonchev–Trinajstić information content (AvgIpc) is 2.68. The molecule has 0 aromatic heterocycles. The molecule has 0 spiro atoms. The number of hydrogen-bond acceptors (Lipinski definition) is 5. The molecule has 0 atom stereocenters. The Balaban J connectivity index is 1.52. The molecule has 1 saturated heterocycles. The van der Waals surface area contributed by atoms with Crippen LogP contribution in [0.25, 0.3) is 0 Å². The van der Waals surface area contributed by atoms with Crippen LogP contribution in [0.4, 0.5) is 11.4 Å². The summed E-state index contributed by atoms with van der Waals surface area (Å²) in [6.45, 7) is 3.71. The molecule has 27 heavy (non-hydrogen) atoms. The molecule has 0 saturated carbocycles. The lowest BCUT2D eigenvalue weighted by molar-refractivity contribution is -0.117. The summed E-state index contributed by atoms with van der Waals surface area (Å²) in [6.07, 6.45) is 0. The van der Waals surface area contributed by atoms with Crippen molar-refractivity contribution in [2.24, 2.45) is 0 Å². The molecule has 1 heterocycles. The van der Waals surface area contributed by atoms with Crippen molar-refractivity contribution in [3.63, 3.8) is 0 Å². The van der Waals surface area contributed by atoms with Crippen molar-refractivity contribution in [2.75, 3.05) is 57.2 Å². The first kappa shape index (κ1) is 19.3. The summed E-state index contributed by atoms with van der Waals surface area (Å²) < 4.78 is 10.5. The van der Waals surface area contributed by atoms with Crippen molar-refractivity contribution in [3.8, 4) is 11.5 Å². The Kier molecular flexibility index (Phi) is 6.42. The molecular weight excluding hydrogens is 366 g/mol. The van der Waals surface area contributed by atoms with E-state index >= 15 is 0 Å². The normalized spacial score (nSPS) is 14.7. The van der Waals surface area contributed by atoms with Crippen LogP contribution in [0.5, 0.6) is 11.5 Å². The second kappa shape index (κ2) is 8.97. The number of carbonyl (C=O) groups excluding carboxylic acids is 1. The third-order valence-electron chi connectivity index (χ3n) is 4.60. The molecule has 0 radical (unpaired) electrons. The first-order chi connectivity index (χ1) is 13.1. The fourth-order valence-electron chi connectivity index (χ4n) is 3.13. The highest BCUT2D eigenvalue weighted by molar-refractivity contribution is 6.30. The summed E-state index contributed by atoms with van der Waals surface area (Å²) >= 11 is 6.07. The minimum Gasteiger partial charge on any atom is -0.497 e. The van der Waals surface area contributed by atoms with Gasteiger partial charge in [-0.05, 0) is 30.3 Å². The van der Waals surface area contributed by atoms with Crippen LogP contribution >= 0.6 is 11.6 Å². The van der Waals surface area contributed by atoms with Gasteiger partial charge in [0.05, 0.1) is 26.5 Å². The zero-order valence-corrected chi connectivity index (χ0v) is 16.3. The standard InChI is InChI=1S/C20H24ClN3O3/c1-26-17-6-7-18(19(13-17)27-2)22-20(25)14-23-8-10-24(11-9-23)16-5-3-4-15(21)12-16/h3-7,12-13H,8-11,14H2,1-2H3,(H,22,25). The minimum absolute atomic E-state index is 0.0605. The second-order valence-corrected chi connectivity index (χ2v) is 6.79. The van der Waals surface area contributed by atoms with E-state index in [9.17, 15) is 4.79 Å². The lowest BCUT2D eigenvalue weighted by Gasteiger charge is -2.35. The van der Waals surface area contributed by atoms with Crippen molar-refractivity contribution >= 4 is 28.9 Å². The van der Waals surface area contributed by atoms with Crippen LogP contribution in [0, 0.1) is 0 Å². The molecule has 2 aromatic rings. The Morgan fingerprint density at radius 1 is 1.07 bits per heavy atom. The van der Waals surface area contributed by atoms with Gasteiger partial charge in [-0.2, -0.15) is 0 Å². The number of anilines is 2. The summed E-state index contributed by atoms with van der Waals surface area (Å²) in [6, 6.07) is 13.2. The fourth-order valence-corrected chi connectivity index (χ4v) is 3.32. The van der Waals surface area contributed by atoms with Gasteiger partial charge in [0.25, 0.3) is 0 Å². The number of rotatable bonds is 6. The van der Waals surface area contributed by atoms with Crippen molar-refractivity contribution < 1.29 is 14.3 Å². The fraction of sp³-hybridized carbons (Fsp3) is 0.350. The zero-order chi connectivity index (χ0) is 19.2. The van der Waals surface area contributed by atoms with Crippen LogP contribution in [-0.4, -0.2) is 57.8 Å². The Morgan fingerprint density at radius 3 is 2.52 bits per heavy atom. The van der Waals surface area contributed by atoms with Gasteiger partial charge in [0.2, 0.25) is 5.91 Å². The van der Waals surface area contributed by atoms with Crippen LogP contribution in [0.1, 0.15) is 0 Å². The van der Waals surface area contributed by atoms with Gasteiger partial charge >= 0.3 is 0 Å². The van der Waals surface area contributed by atoms with Crippen molar-refractivity contribution in [1.29, 1.82) is 0 Å². The van der Waals surface area contributed by atoms with Crippen LogP contribution in [-0.2, 0) is 4.79 Å². The summed E-state index contributed by atoms with van der Waals surface area (Å²) in [5.41, 5.74) is 1.76. The molecular formula is C20H24ClN3O3. The molecule has 1 fully saturated rings. The van der Waals surface area contributed by atoms with Gasteiger partial charge in [0.1, 0.15) is 11.5 Å². The lowest BCUT2D eigenvalue weighted by atomic mass is 10.2. The van der Waals surface area contributed by atoms with Gasteiger partial charge in [0.15, 0.2) is 0 Å². The van der Waals surface area contributed by atoms with E-state index in [2.05, 4.69) is 21.2 Å². The van der Waals surface area contributed by atoms with Crippen molar-refractivity contribution in [2.45, 2.75) is 0 Å². The van der Waals surface area contributed by atoms with Crippen molar-refractivity contribution in [1.82, 2.24) is 4.90 Å². The van der Waals surface area contributed by atoms with E-state index in [1.165, 1.54) is 0 Å². The molecule has 0 unspecified atom stereocenters. The first-order valence-electron chi connectivity index (χ1n) is 8.84. The van der Waals surface area contributed by atoms with Crippen LogP contribution in [0.15, 0.2) is 42.5 Å². The smallest absolute Gasteiger partial charge is 0.238 e. The predicted octanol–water partition coefficient (Wildman–Crippen LogP) is 3.12. The monoisotopic (exact) mass is 389 g/mol. The number of nitrogens with zero attached hydrogens (tertiary/aromatic N) is 2. The van der Waals surface area contributed by atoms with Crippen LogP contribution in [0.3, 0.4) is 0 Å². The maximum Gasteiger partial charge on any atom is 0.238 e. The minimum atomic E-state index is -0.0605. The topological polar surface area (TPSA) is 54.0 Å². The number of methoxy groups -OCH3 is 2. The quantitative estimate of drug-likeness (QED) is 0.822. The second-order valence-electron chi connectivity index (χ2n) is 6.36. The number of nitrogens with one attached hydrogen (secondary N) is 1. The number of halogens is 1. The third-order valence-corrected chi connectivity index (χ3v) is 4.83. The summed E-state index contributed by atoms with van der Waals surface area (Å²) in [5.74, 6) is 1.20. The number of ether oxygens (including phenoxy) is 2. The van der Waals surface area contributed by atoms with Gasteiger partial charge in [-0.15, -0.1) is 0 Å². The Labute approximate surface area is 164 Å². The predicted molar refractivity (Wildman–Crippen MR) is 108 cm³/mol. The summed E-state index contributed by atoms with van der Waals surface area (Å²) in [5, 5.41) is 3.66. The Morgan fingerprint density at radius 2 is 1.85 bits per heavy atom. The van der Waals surface area contributed by atoms with E-state index in [0.717, 1.165) is 36.9 Å². The van der Waals surface area contributed by atoms with Gasteiger partial charge in [-0.1, -0.05) is 17.7 Å². The number of benzene rings is 2. The Hall–Kier alpha value is -2.44. The highest BCUT2D eigenvalue weighted by atomic mass is 35.5. The van der Waals surface area contributed by atoms with E-state index < -0.39 is 0 Å². The molecule has 144 valence electrons. The molecule has 7 heteroatoms. The largest absolute Gasteiger partial charge is 0.497 e. The molecule has 6 nitrogen and oxygen atoms in total. The van der Waals surface area contributed by atoms with E-state index in [0.29, 0.717) is 23.7 Å². The molecule has 0 aliphatic carbocycles. The van der Waals surface area contributed by atoms with Gasteiger partial charge in [0, 0.05) is 43.0 Å². The molecule has 2 aromatic carbocycles. The average molecular weight is 390 g/mol. The summed E-state index contributed by atoms with van der Waals surface area (Å²) in [4.78, 5) is 16.9. The number of piperazine rings is 1. The molecule has 0 bridgehead atoms. The zero-order valence-electron chi connectivity index (χ0n) is 15.6. The highest BCUT2D eigenvalue weighted by Gasteiger charge is 2.20. The van der Waals surface area contributed by atoms with Gasteiger partial charge < -0.3 is 19.7 Å². The van der Waals surface area contributed by atoms with E-state index in [-0.39, 0.29) is 5.91 Å². The van der Waals surface area contributed by atoms with Crippen LogP contribution in [0.2, 0.25) is 5.02 Å². The number of amides is 1. The molecule has 1 amide bonds.